The summed E-state index contributed by atoms with van der Waals surface area (Å²) in [6.45, 7) is 0. The Morgan fingerprint density at radius 2 is 0.0714 bits per heavy atom. The van der Waals surface area contributed by atoms with Gasteiger partial charge in [0, 0.05) is 362 Å². The average Bonchev–Trinajstić information content (AvgIpc) is 0. The van der Waals surface area contributed by atoms with E-state index in [1.165, 1.54) is 0 Å². The number of hydrogen-bond donors (Lipinski definition) is 0. The first-order chi connectivity index (χ1) is 0. The molecule has 0 aromatic rings. The van der Waals surface area contributed by atoms with E-state index in [-0.39, 0.29) is 362 Å². The van der Waals surface area contributed by atoms with Crippen molar-refractivity contribution in [3.8, 4) is 0 Å². The van der Waals surface area contributed by atoms with E-state index in [1.807, 2.05) is 0 Å². The Bertz CT molecular complexity index is 0. The predicted octanol–water partition coefficient (Wildman–Crippen LogP) is -0.0350. The molecule has 0 spiro atoms. The summed E-state index contributed by atoms with van der Waals surface area (Å²) in [5.74, 6) is 0. The zero-order valence-corrected chi connectivity index (χ0v) is 33.3. The molecule has 0 atom stereocenters. The van der Waals surface area contributed by atoms with Crippen molar-refractivity contribution in [2.75, 3.05) is 0 Å². The normalized spacial score (nSPS) is 0. The Kier molecular flexibility index (Phi) is 793. The average molecular weight is 629 g/mol. The van der Waals surface area contributed by atoms with Gasteiger partial charge < -0.3 is 0 Å². The van der Waals surface area contributed by atoms with Crippen molar-refractivity contribution in [2.45, 2.75) is 0 Å². The van der Waals surface area contributed by atoms with Crippen LogP contribution in [0, 0.1) is 0 Å². The first kappa shape index (κ1) is 112. The summed E-state index contributed by atoms with van der Waals surface area (Å²) in [5.41, 5.74) is 0. The summed E-state index contributed by atoms with van der Waals surface area (Å²) < 4.78 is 0. The molecule has 0 amide bonds. The Morgan fingerprint density at radius 1 is 0.0714 bits per heavy atom. The topological polar surface area (TPSA) is 0 Å². The first-order valence-corrected chi connectivity index (χ1v) is 0. The van der Waals surface area contributed by atoms with Gasteiger partial charge in [0.05, 0.1) is 0 Å². The molecule has 0 saturated heterocycles. The third kappa shape index (κ3) is 87.6. The fourth-order valence-corrected chi connectivity index (χ4v) is 0. The van der Waals surface area contributed by atoms with E-state index < -0.39 is 0 Å². The molecule has 0 aromatic carbocycles. The van der Waals surface area contributed by atoms with Crippen molar-refractivity contribution in [3.63, 3.8) is 0 Å². The van der Waals surface area contributed by atoms with Crippen LogP contribution >= 0.6 is 0 Å². The summed E-state index contributed by atoms with van der Waals surface area (Å²) in [4.78, 5) is 0. The van der Waals surface area contributed by atoms with Crippen LogP contribution in [0.5, 0.6) is 0 Å². The number of hydrogen-bond acceptors (Lipinski definition) is 0. The molecule has 0 rings (SSSR count). The van der Waals surface area contributed by atoms with Gasteiger partial charge in [0.2, 0.25) is 0 Å². The molecule has 14 heavy (non-hydrogen) atoms. The first-order valence-electron chi connectivity index (χ1n) is 0. The van der Waals surface area contributed by atoms with Crippen molar-refractivity contribution in [1.29, 1.82) is 0 Å². The summed E-state index contributed by atoms with van der Waals surface area (Å²) in [6, 6.07) is 0. The van der Waals surface area contributed by atoms with Crippen LogP contribution in [-0.2, 0) is 362 Å². The van der Waals surface area contributed by atoms with E-state index in [9.17, 15) is 0 Å². The van der Waals surface area contributed by atoms with Crippen molar-refractivity contribution in [3.05, 3.63) is 0 Å². The Hall–Kier alpha value is 12.2. The third-order valence-electron chi connectivity index (χ3n) is 0. The summed E-state index contributed by atoms with van der Waals surface area (Å²) in [7, 11) is 0. The zero-order valence-electron chi connectivity index (χ0n) is 8.08. The summed E-state index contributed by atoms with van der Waals surface area (Å²) in [6.07, 6.45) is 0. The van der Waals surface area contributed by atoms with Gasteiger partial charge in [-0.1, -0.05) is 0 Å². The molecule has 0 aliphatic rings. The summed E-state index contributed by atoms with van der Waals surface area (Å²) >= 11 is 0. The van der Waals surface area contributed by atoms with Gasteiger partial charge >= 0.3 is 0 Å². The van der Waals surface area contributed by atoms with E-state index in [2.05, 4.69) is 0 Å². The smallest absolute Gasteiger partial charge is 0 e. The monoisotopic (exact) mass is 629 g/mol. The Labute approximate surface area is 350 Å². The molecule has 0 unspecified atom stereocenters. The van der Waals surface area contributed by atoms with Crippen LogP contribution in [0.25, 0.3) is 0 Å². The molecule has 0 nitrogen and oxygen atoms in total. The Balaban J connectivity index is 0. The fraction of sp³-hybridized carbons (Fsp3) is 0. The molecule has 0 N–H and O–H groups in total. The molecule has 0 aromatic heterocycles. The standard InChI is InChI=1S/14Sc. The second-order valence-electron chi connectivity index (χ2n) is 0. The molecular formula is Sc14. The van der Waals surface area contributed by atoms with Crippen molar-refractivity contribution >= 4 is 0 Å². The minimum Gasteiger partial charge on any atom is 0 e. The van der Waals surface area contributed by atoms with E-state index in [0.717, 1.165) is 0 Å². The minimum absolute atomic E-state index is 0. The van der Waals surface area contributed by atoms with Crippen molar-refractivity contribution in [1.82, 2.24) is 0 Å². The van der Waals surface area contributed by atoms with Gasteiger partial charge in [0.25, 0.3) is 0 Å². The molecular weight excluding hydrogens is 629 g/mol. The largest absolute Gasteiger partial charge is 0 e. The molecule has 0 bridgehead atoms. The van der Waals surface area contributed by atoms with Crippen molar-refractivity contribution < 1.29 is 362 Å². The zero-order chi connectivity index (χ0) is 0. The van der Waals surface area contributed by atoms with Gasteiger partial charge in [-0.2, -0.15) is 0 Å². The van der Waals surface area contributed by atoms with E-state index in [1.54, 1.807) is 0 Å². The quantitative estimate of drug-likeness (QED) is 0.354. The minimum atomic E-state index is 0. The molecule has 0 fully saturated rings. The van der Waals surface area contributed by atoms with Gasteiger partial charge in [0.1, 0.15) is 0 Å². The SMILES string of the molecule is [Sc].[Sc].[Sc].[Sc].[Sc].[Sc].[Sc].[Sc].[Sc].[Sc].[Sc].[Sc].[Sc].[Sc]. The predicted molar refractivity (Wildman–Crippen MR) is 0 cm³/mol. The second kappa shape index (κ2) is 99.2. The van der Waals surface area contributed by atoms with E-state index in [4.69, 9.17) is 0 Å². The van der Waals surface area contributed by atoms with Crippen LogP contribution in [0.15, 0.2) is 0 Å². The van der Waals surface area contributed by atoms with Crippen LogP contribution in [0.3, 0.4) is 0 Å². The van der Waals surface area contributed by atoms with Crippen LogP contribution in [0.4, 0.5) is 0 Å². The molecule has 0 aliphatic heterocycles. The fourth-order valence-electron chi connectivity index (χ4n) is 0. The van der Waals surface area contributed by atoms with Crippen LogP contribution in [0.2, 0.25) is 0 Å². The van der Waals surface area contributed by atoms with Gasteiger partial charge in [0.15, 0.2) is 0 Å². The molecule has 0 aliphatic carbocycles. The van der Waals surface area contributed by atoms with Gasteiger partial charge in [-0.25, -0.2) is 0 Å². The van der Waals surface area contributed by atoms with Gasteiger partial charge in [-0.3, -0.25) is 0 Å². The molecule has 0 heterocycles. The molecule has 14 radical (unpaired) electrons. The van der Waals surface area contributed by atoms with Crippen LogP contribution < -0.4 is 0 Å². The number of rotatable bonds is 0. The van der Waals surface area contributed by atoms with Crippen LogP contribution in [0.1, 0.15) is 0 Å². The maximum absolute atomic E-state index is 0. The maximum atomic E-state index is 0. The van der Waals surface area contributed by atoms with E-state index in [0.29, 0.717) is 0 Å². The molecule has 0 saturated carbocycles. The summed E-state index contributed by atoms with van der Waals surface area (Å²) in [5, 5.41) is 0. The van der Waals surface area contributed by atoms with Crippen molar-refractivity contribution in [2.24, 2.45) is 0 Å². The van der Waals surface area contributed by atoms with Crippen LogP contribution in [-0.4, -0.2) is 0 Å². The van der Waals surface area contributed by atoms with E-state index >= 15 is 0 Å². The molecule has 42 valence electrons. The second-order valence-corrected chi connectivity index (χ2v) is 0. The third-order valence-corrected chi connectivity index (χ3v) is 0. The van der Waals surface area contributed by atoms with Gasteiger partial charge in [-0.15, -0.1) is 0 Å². The Morgan fingerprint density at radius 3 is 0.0714 bits per heavy atom. The van der Waals surface area contributed by atoms with Gasteiger partial charge in [-0.05, 0) is 0 Å². The molecule has 14 heteroatoms. The maximum Gasteiger partial charge on any atom is 0 e.